The average molecular weight is 358 g/mol. The van der Waals surface area contributed by atoms with Gasteiger partial charge in [0.25, 0.3) is 5.91 Å². The quantitative estimate of drug-likeness (QED) is 0.744. The fourth-order valence-corrected chi connectivity index (χ4v) is 3.01. The lowest BCUT2D eigenvalue weighted by molar-refractivity contribution is -0.0512. The molecule has 0 aliphatic carbocycles. The van der Waals surface area contributed by atoms with Crippen LogP contribution >= 0.6 is 0 Å². The monoisotopic (exact) mass is 358 g/mol. The van der Waals surface area contributed by atoms with Gasteiger partial charge in [-0.15, -0.1) is 0 Å². The second-order valence-corrected chi connectivity index (χ2v) is 6.11. The van der Waals surface area contributed by atoms with Crippen molar-refractivity contribution in [2.24, 2.45) is 5.41 Å². The standard InChI is InChI=1S/C17H24F2N2O4/c1-23-11-17(5-7-20-8-6-17)10-21-15(22)12-3-4-13(25-16(18)19)14(9-12)24-2/h3-4,9,16,20H,5-8,10-11H2,1-2H3,(H,21,22). The molecule has 1 aromatic carbocycles. The Hall–Kier alpha value is -1.93. The maximum atomic E-state index is 12.4. The van der Waals surface area contributed by atoms with Crippen LogP contribution in [-0.4, -0.2) is 53.0 Å². The first-order chi connectivity index (χ1) is 12.0. The molecule has 0 spiro atoms. The Morgan fingerprint density at radius 1 is 1.28 bits per heavy atom. The van der Waals surface area contributed by atoms with Crippen LogP contribution < -0.4 is 20.1 Å². The summed E-state index contributed by atoms with van der Waals surface area (Å²) in [5.41, 5.74) is 0.221. The third kappa shape index (κ3) is 5.27. The SMILES string of the molecule is COCC1(CNC(=O)c2ccc(OC(F)F)c(OC)c2)CCNCC1. The zero-order valence-electron chi connectivity index (χ0n) is 14.4. The second kappa shape index (κ2) is 8.96. The molecule has 2 N–H and O–H groups in total. The normalized spacial score (nSPS) is 16.5. The van der Waals surface area contributed by atoms with E-state index in [-0.39, 0.29) is 22.8 Å². The summed E-state index contributed by atoms with van der Waals surface area (Å²) < 4.78 is 39.4. The number of piperidine rings is 1. The van der Waals surface area contributed by atoms with Crippen molar-refractivity contribution in [2.75, 3.05) is 40.5 Å². The van der Waals surface area contributed by atoms with E-state index in [4.69, 9.17) is 9.47 Å². The summed E-state index contributed by atoms with van der Waals surface area (Å²) in [4.78, 5) is 12.4. The molecule has 2 rings (SSSR count). The lowest BCUT2D eigenvalue weighted by Gasteiger charge is -2.37. The number of carbonyl (C=O) groups is 1. The van der Waals surface area contributed by atoms with Crippen LogP contribution in [0, 0.1) is 5.41 Å². The van der Waals surface area contributed by atoms with Crippen molar-refractivity contribution in [3.63, 3.8) is 0 Å². The van der Waals surface area contributed by atoms with E-state index in [1.807, 2.05) is 0 Å². The minimum atomic E-state index is -2.96. The van der Waals surface area contributed by atoms with Crippen LogP contribution in [-0.2, 0) is 4.74 Å². The molecule has 8 heteroatoms. The molecule has 140 valence electrons. The van der Waals surface area contributed by atoms with Crippen LogP contribution in [0.5, 0.6) is 11.5 Å². The van der Waals surface area contributed by atoms with Crippen LogP contribution in [0.1, 0.15) is 23.2 Å². The topological polar surface area (TPSA) is 68.8 Å². The van der Waals surface area contributed by atoms with Crippen LogP contribution in [0.2, 0.25) is 0 Å². The molecule has 0 aromatic heterocycles. The maximum Gasteiger partial charge on any atom is 0.387 e. The molecular weight excluding hydrogens is 334 g/mol. The molecule has 6 nitrogen and oxygen atoms in total. The van der Waals surface area contributed by atoms with Gasteiger partial charge in [-0.2, -0.15) is 8.78 Å². The molecule has 1 saturated heterocycles. The molecule has 1 amide bonds. The first-order valence-corrected chi connectivity index (χ1v) is 8.10. The number of rotatable bonds is 8. The van der Waals surface area contributed by atoms with E-state index in [2.05, 4.69) is 15.4 Å². The third-order valence-electron chi connectivity index (χ3n) is 4.38. The lowest BCUT2D eigenvalue weighted by atomic mass is 9.79. The molecule has 1 aliphatic heterocycles. The molecule has 0 bridgehead atoms. The summed E-state index contributed by atoms with van der Waals surface area (Å²) in [6.45, 7) is -0.139. The van der Waals surface area contributed by atoms with Crippen molar-refractivity contribution < 1.29 is 27.8 Å². The molecule has 1 heterocycles. The zero-order valence-corrected chi connectivity index (χ0v) is 14.4. The Kier molecular flexibility index (Phi) is 6.95. The number of halogens is 2. The Morgan fingerprint density at radius 3 is 2.60 bits per heavy atom. The molecule has 25 heavy (non-hydrogen) atoms. The van der Waals surface area contributed by atoms with Crippen LogP contribution in [0.3, 0.4) is 0 Å². The van der Waals surface area contributed by atoms with Gasteiger partial charge in [-0.05, 0) is 44.1 Å². The average Bonchev–Trinajstić information content (AvgIpc) is 2.60. The van der Waals surface area contributed by atoms with Crippen molar-refractivity contribution in [3.8, 4) is 11.5 Å². The fourth-order valence-electron chi connectivity index (χ4n) is 3.01. The van der Waals surface area contributed by atoms with Gasteiger partial charge in [-0.1, -0.05) is 0 Å². The van der Waals surface area contributed by atoms with Gasteiger partial charge in [0.05, 0.1) is 13.7 Å². The van der Waals surface area contributed by atoms with Gasteiger partial charge >= 0.3 is 6.61 Å². The van der Waals surface area contributed by atoms with Gasteiger partial charge in [0.2, 0.25) is 0 Å². The number of hydrogen-bond donors (Lipinski definition) is 2. The number of nitrogens with one attached hydrogen (secondary N) is 2. The second-order valence-electron chi connectivity index (χ2n) is 6.11. The number of amides is 1. The number of ether oxygens (including phenoxy) is 3. The van der Waals surface area contributed by atoms with Gasteiger partial charge < -0.3 is 24.8 Å². The summed E-state index contributed by atoms with van der Waals surface area (Å²) >= 11 is 0. The van der Waals surface area contributed by atoms with Gasteiger partial charge in [-0.3, -0.25) is 4.79 Å². The van der Waals surface area contributed by atoms with Crippen LogP contribution in [0.25, 0.3) is 0 Å². The lowest BCUT2D eigenvalue weighted by Crippen LogP contribution is -2.47. The molecule has 1 fully saturated rings. The van der Waals surface area contributed by atoms with Gasteiger partial charge in [-0.25, -0.2) is 0 Å². The molecule has 1 aromatic rings. The minimum absolute atomic E-state index is 0.0846. The van der Waals surface area contributed by atoms with Crippen LogP contribution in [0.4, 0.5) is 8.78 Å². The smallest absolute Gasteiger partial charge is 0.387 e. The van der Waals surface area contributed by atoms with Crippen molar-refractivity contribution in [1.82, 2.24) is 10.6 Å². The first kappa shape index (κ1) is 19.4. The summed E-state index contributed by atoms with van der Waals surface area (Å²) in [6.07, 6.45) is 1.82. The summed E-state index contributed by atoms with van der Waals surface area (Å²) in [6, 6.07) is 4.12. The van der Waals surface area contributed by atoms with E-state index in [0.29, 0.717) is 18.7 Å². The number of methoxy groups -OCH3 is 2. The van der Waals surface area contributed by atoms with Gasteiger partial charge in [0, 0.05) is 24.6 Å². The minimum Gasteiger partial charge on any atom is -0.493 e. The number of benzene rings is 1. The van der Waals surface area contributed by atoms with E-state index in [9.17, 15) is 13.6 Å². The van der Waals surface area contributed by atoms with E-state index in [1.165, 1.54) is 25.3 Å². The van der Waals surface area contributed by atoms with Crippen molar-refractivity contribution in [3.05, 3.63) is 23.8 Å². The van der Waals surface area contributed by atoms with E-state index < -0.39 is 6.61 Å². The Morgan fingerprint density at radius 2 is 2.00 bits per heavy atom. The third-order valence-corrected chi connectivity index (χ3v) is 4.38. The van der Waals surface area contributed by atoms with Crippen molar-refractivity contribution in [1.29, 1.82) is 0 Å². The predicted molar refractivity (Wildman–Crippen MR) is 88.4 cm³/mol. The van der Waals surface area contributed by atoms with Gasteiger partial charge in [0.15, 0.2) is 11.5 Å². The molecule has 0 radical (unpaired) electrons. The summed E-state index contributed by atoms with van der Waals surface area (Å²) in [7, 11) is 2.98. The predicted octanol–water partition coefficient (Wildman–Crippen LogP) is 2.04. The zero-order chi connectivity index (χ0) is 18.3. The van der Waals surface area contributed by atoms with E-state index >= 15 is 0 Å². The number of alkyl halides is 2. The highest BCUT2D eigenvalue weighted by Crippen LogP contribution is 2.30. The van der Waals surface area contributed by atoms with Crippen molar-refractivity contribution in [2.45, 2.75) is 19.5 Å². The van der Waals surface area contributed by atoms with Gasteiger partial charge in [0.1, 0.15) is 0 Å². The highest BCUT2D eigenvalue weighted by molar-refractivity contribution is 5.94. The Balaban J connectivity index is 2.04. The highest BCUT2D eigenvalue weighted by Gasteiger charge is 2.32. The summed E-state index contributed by atoms with van der Waals surface area (Å²) in [5, 5.41) is 6.21. The highest BCUT2D eigenvalue weighted by atomic mass is 19.3. The largest absolute Gasteiger partial charge is 0.493 e. The number of hydrogen-bond acceptors (Lipinski definition) is 5. The van der Waals surface area contributed by atoms with Crippen LogP contribution in [0.15, 0.2) is 18.2 Å². The molecule has 0 unspecified atom stereocenters. The first-order valence-electron chi connectivity index (χ1n) is 8.10. The molecule has 1 aliphatic rings. The van der Waals surface area contributed by atoms with E-state index in [1.54, 1.807) is 7.11 Å². The fraction of sp³-hybridized carbons (Fsp3) is 0.588. The summed E-state index contributed by atoms with van der Waals surface area (Å²) in [5.74, 6) is -0.319. The van der Waals surface area contributed by atoms with Crippen molar-refractivity contribution >= 4 is 5.91 Å². The van der Waals surface area contributed by atoms with E-state index in [0.717, 1.165) is 25.9 Å². The maximum absolute atomic E-state index is 12.4. The molecular formula is C17H24F2N2O4. The Labute approximate surface area is 145 Å². The number of carbonyl (C=O) groups excluding carboxylic acids is 1. The Bertz CT molecular complexity index is 572. The molecule has 0 atom stereocenters. The molecule has 0 saturated carbocycles.